The zero-order valence-corrected chi connectivity index (χ0v) is 18.2. The van der Waals surface area contributed by atoms with Gasteiger partial charge >= 0.3 is 0 Å². The molecule has 0 saturated carbocycles. The number of rotatable bonds is 7. The van der Waals surface area contributed by atoms with Gasteiger partial charge in [0.2, 0.25) is 10.0 Å². The largest absolute Gasteiger partial charge is 0.369 e. The zero-order valence-electron chi connectivity index (χ0n) is 17.4. The van der Waals surface area contributed by atoms with Crippen molar-refractivity contribution >= 4 is 15.7 Å². The monoisotopic (exact) mass is 419 g/mol. The Kier molecular flexibility index (Phi) is 6.93. The summed E-state index contributed by atoms with van der Waals surface area (Å²) < 4.78 is 41.2. The third-order valence-electron chi connectivity index (χ3n) is 5.38. The van der Waals surface area contributed by atoms with E-state index < -0.39 is 10.0 Å². The Balaban J connectivity index is 1.45. The molecule has 0 amide bonds. The molecular weight excluding hydrogens is 389 g/mol. The fraction of sp³-hybridized carbons (Fsp3) is 0.455. The minimum absolute atomic E-state index is 0.217. The number of anilines is 1. The van der Waals surface area contributed by atoms with Crippen LogP contribution >= 0.6 is 0 Å². The van der Waals surface area contributed by atoms with Crippen molar-refractivity contribution in [1.82, 2.24) is 9.62 Å². The molecule has 5 nitrogen and oxygen atoms in total. The van der Waals surface area contributed by atoms with Crippen molar-refractivity contribution in [1.29, 1.82) is 0 Å². The number of hydrogen-bond donors (Lipinski definition) is 1. The molecule has 1 fully saturated rings. The molecule has 1 heterocycles. The van der Waals surface area contributed by atoms with Crippen molar-refractivity contribution in [3.8, 4) is 0 Å². The summed E-state index contributed by atoms with van der Waals surface area (Å²) in [5.74, 6) is -0.217. The first kappa shape index (κ1) is 21.7. The van der Waals surface area contributed by atoms with Crippen LogP contribution in [-0.4, -0.2) is 52.6 Å². The van der Waals surface area contributed by atoms with Crippen molar-refractivity contribution in [2.45, 2.75) is 32.1 Å². The lowest BCUT2D eigenvalue weighted by Gasteiger charge is -2.36. The van der Waals surface area contributed by atoms with Gasteiger partial charge in [0.15, 0.2) is 0 Å². The highest BCUT2D eigenvalue weighted by Gasteiger charge is 2.20. The van der Waals surface area contributed by atoms with Crippen LogP contribution in [0.3, 0.4) is 0 Å². The lowest BCUT2D eigenvalue weighted by molar-refractivity contribution is 0.255. The van der Waals surface area contributed by atoms with E-state index in [0.717, 1.165) is 61.5 Å². The molecule has 29 heavy (non-hydrogen) atoms. The molecule has 7 heteroatoms. The van der Waals surface area contributed by atoms with Gasteiger partial charge in [0.25, 0.3) is 0 Å². The predicted octanol–water partition coefficient (Wildman–Crippen LogP) is 3.24. The summed E-state index contributed by atoms with van der Waals surface area (Å²) in [5.41, 5.74) is 3.68. The van der Waals surface area contributed by atoms with Gasteiger partial charge in [0.1, 0.15) is 5.82 Å². The van der Waals surface area contributed by atoms with Gasteiger partial charge in [-0.1, -0.05) is 17.7 Å². The average molecular weight is 420 g/mol. The highest BCUT2D eigenvalue weighted by molar-refractivity contribution is 7.89. The second-order valence-corrected chi connectivity index (χ2v) is 9.49. The molecule has 0 radical (unpaired) electrons. The first-order valence-electron chi connectivity index (χ1n) is 10.1. The number of sulfonamides is 1. The minimum Gasteiger partial charge on any atom is -0.369 e. The number of piperazine rings is 1. The third kappa shape index (κ3) is 5.56. The number of nitrogens with zero attached hydrogens (tertiary/aromatic N) is 2. The van der Waals surface area contributed by atoms with Crippen LogP contribution in [0.1, 0.15) is 23.1 Å². The van der Waals surface area contributed by atoms with Crippen LogP contribution in [0.5, 0.6) is 0 Å². The molecule has 158 valence electrons. The van der Waals surface area contributed by atoms with E-state index >= 15 is 0 Å². The summed E-state index contributed by atoms with van der Waals surface area (Å²) in [6, 6.07) is 10.4. The molecule has 2 aromatic carbocycles. The van der Waals surface area contributed by atoms with E-state index in [9.17, 15) is 12.8 Å². The number of benzene rings is 2. The number of nitrogens with one attached hydrogen (secondary N) is 1. The Labute approximate surface area is 173 Å². The molecule has 0 atom stereocenters. The van der Waals surface area contributed by atoms with Gasteiger partial charge in [-0.15, -0.1) is 0 Å². The van der Waals surface area contributed by atoms with Crippen LogP contribution in [0.25, 0.3) is 0 Å². The van der Waals surface area contributed by atoms with E-state index in [-0.39, 0.29) is 5.82 Å². The quantitative estimate of drug-likeness (QED) is 0.700. The summed E-state index contributed by atoms with van der Waals surface area (Å²) in [5, 5.41) is 0. The van der Waals surface area contributed by atoms with Crippen molar-refractivity contribution in [3.63, 3.8) is 0 Å². The van der Waals surface area contributed by atoms with Crippen LogP contribution in [0.2, 0.25) is 0 Å². The molecule has 0 bridgehead atoms. The fourth-order valence-corrected chi connectivity index (χ4v) is 5.58. The summed E-state index contributed by atoms with van der Waals surface area (Å²) in [4.78, 5) is 4.99. The highest BCUT2D eigenvalue weighted by Crippen LogP contribution is 2.21. The van der Waals surface area contributed by atoms with E-state index in [4.69, 9.17) is 0 Å². The summed E-state index contributed by atoms with van der Waals surface area (Å²) in [6.45, 7) is 10.5. The number of halogens is 1. The van der Waals surface area contributed by atoms with Crippen molar-refractivity contribution < 1.29 is 12.8 Å². The third-order valence-corrected chi connectivity index (χ3v) is 7.15. The maximum atomic E-state index is 13.1. The van der Waals surface area contributed by atoms with Gasteiger partial charge in [-0.2, -0.15) is 0 Å². The summed E-state index contributed by atoms with van der Waals surface area (Å²) in [7, 11) is -3.50. The van der Waals surface area contributed by atoms with Crippen LogP contribution in [-0.2, 0) is 10.0 Å². The van der Waals surface area contributed by atoms with Crippen molar-refractivity contribution in [2.75, 3.05) is 44.2 Å². The number of hydrogen-bond acceptors (Lipinski definition) is 4. The van der Waals surface area contributed by atoms with Crippen LogP contribution in [0.4, 0.5) is 10.1 Å². The molecule has 1 N–H and O–H groups in total. The maximum absolute atomic E-state index is 13.1. The molecule has 0 unspecified atom stereocenters. The predicted molar refractivity (Wildman–Crippen MR) is 116 cm³/mol. The summed E-state index contributed by atoms with van der Waals surface area (Å²) in [6.07, 6.45) is 0.764. The Morgan fingerprint density at radius 3 is 2.14 bits per heavy atom. The smallest absolute Gasteiger partial charge is 0.241 e. The fourth-order valence-electron chi connectivity index (χ4n) is 4.05. The molecule has 1 saturated heterocycles. The minimum atomic E-state index is -3.50. The average Bonchev–Trinajstić information content (AvgIpc) is 2.65. The Bertz CT molecular complexity index is 914. The zero-order chi connectivity index (χ0) is 21.0. The topological polar surface area (TPSA) is 52.7 Å². The van der Waals surface area contributed by atoms with Crippen LogP contribution < -0.4 is 9.62 Å². The van der Waals surface area contributed by atoms with Crippen LogP contribution in [0, 0.1) is 26.6 Å². The molecular formula is C22H30FN3O2S. The normalized spacial score (nSPS) is 15.7. The molecule has 1 aliphatic heterocycles. The van der Waals surface area contributed by atoms with E-state index in [2.05, 4.69) is 14.5 Å². The van der Waals surface area contributed by atoms with E-state index in [1.54, 1.807) is 0 Å². The molecule has 1 aliphatic rings. The highest BCUT2D eigenvalue weighted by atomic mass is 32.2. The standard InChI is InChI=1S/C22H30FN3O2S/c1-17-15-18(2)22(19(3)16-17)29(27,28)24-9-4-10-25-11-13-26(14-12-25)21-7-5-20(23)6-8-21/h5-8,15-16,24H,4,9-14H2,1-3H3. The maximum Gasteiger partial charge on any atom is 0.241 e. The van der Waals surface area contributed by atoms with E-state index in [0.29, 0.717) is 11.4 Å². The molecule has 3 rings (SSSR count). The van der Waals surface area contributed by atoms with Crippen LogP contribution in [0.15, 0.2) is 41.3 Å². The molecule has 0 aliphatic carbocycles. The molecule has 0 aromatic heterocycles. The van der Waals surface area contributed by atoms with Gasteiger partial charge < -0.3 is 4.90 Å². The van der Waals surface area contributed by atoms with Gasteiger partial charge in [-0.05, 0) is 69.1 Å². The second-order valence-electron chi connectivity index (χ2n) is 7.78. The first-order chi connectivity index (χ1) is 13.8. The summed E-state index contributed by atoms with van der Waals surface area (Å²) >= 11 is 0. The van der Waals surface area contributed by atoms with Crippen molar-refractivity contribution in [3.05, 3.63) is 58.9 Å². The van der Waals surface area contributed by atoms with Gasteiger partial charge in [-0.3, -0.25) is 4.90 Å². The Hall–Kier alpha value is -1.96. The van der Waals surface area contributed by atoms with Gasteiger partial charge in [-0.25, -0.2) is 17.5 Å². The molecule has 0 spiro atoms. The lowest BCUT2D eigenvalue weighted by atomic mass is 10.1. The van der Waals surface area contributed by atoms with E-state index in [1.165, 1.54) is 12.1 Å². The SMILES string of the molecule is Cc1cc(C)c(S(=O)(=O)NCCCN2CCN(c3ccc(F)cc3)CC2)c(C)c1. The van der Waals surface area contributed by atoms with E-state index in [1.807, 2.05) is 45.0 Å². The Morgan fingerprint density at radius 2 is 1.55 bits per heavy atom. The first-order valence-corrected chi connectivity index (χ1v) is 11.5. The second kappa shape index (κ2) is 9.24. The number of aryl methyl sites for hydroxylation is 3. The van der Waals surface area contributed by atoms with Gasteiger partial charge in [0, 0.05) is 38.4 Å². The Morgan fingerprint density at radius 1 is 0.966 bits per heavy atom. The molecule has 2 aromatic rings. The van der Waals surface area contributed by atoms with Gasteiger partial charge in [0.05, 0.1) is 4.90 Å². The lowest BCUT2D eigenvalue weighted by Crippen LogP contribution is -2.47. The van der Waals surface area contributed by atoms with Crippen molar-refractivity contribution in [2.24, 2.45) is 0 Å².